The number of hydrogen-bond donors (Lipinski definition) is 1. The van der Waals surface area contributed by atoms with Crippen LogP contribution in [0.1, 0.15) is 17.2 Å². The minimum absolute atomic E-state index is 0.237. The molecule has 1 heterocycles. The van der Waals surface area contributed by atoms with Gasteiger partial charge in [0, 0.05) is 16.5 Å². The van der Waals surface area contributed by atoms with Crippen LogP contribution in [0.25, 0.3) is 10.9 Å². The van der Waals surface area contributed by atoms with Crippen LogP contribution in [-0.2, 0) is 0 Å². The molecule has 0 bridgehead atoms. The fraction of sp³-hybridized carbons (Fsp3) is 0.176. The standard InChI is InChI=1S/C17H16N4O2/c1-12-7-8-15-14(9-12)10-18-17(19-15)20-16(11-21(22)23)13-5-3-2-4-6-13/h2-10,16H,11H2,1H3,(H,18,19,20)/t16-/m0/s1. The second-order valence-corrected chi connectivity index (χ2v) is 5.38. The summed E-state index contributed by atoms with van der Waals surface area (Å²) in [5.41, 5.74) is 2.77. The molecular formula is C17H16N4O2. The van der Waals surface area contributed by atoms with Gasteiger partial charge in [0.05, 0.1) is 5.52 Å². The molecule has 116 valence electrons. The maximum Gasteiger partial charge on any atom is 0.227 e. The minimum Gasteiger partial charge on any atom is -0.341 e. The number of aryl methyl sites for hydroxylation is 1. The summed E-state index contributed by atoms with van der Waals surface area (Å²) in [5, 5.41) is 15.0. The molecule has 0 aliphatic carbocycles. The molecule has 0 saturated heterocycles. The fourth-order valence-electron chi connectivity index (χ4n) is 2.45. The Morgan fingerprint density at radius 1 is 1.22 bits per heavy atom. The van der Waals surface area contributed by atoms with Crippen LogP contribution in [0, 0.1) is 17.0 Å². The van der Waals surface area contributed by atoms with Crippen molar-refractivity contribution in [3.8, 4) is 0 Å². The van der Waals surface area contributed by atoms with E-state index in [0.29, 0.717) is 5.95 Å². The third-order valence-electron chi connectivity index (χ3n) is 3.57. The molecule has 6 heteroatoms. The molecule has 1 aromatic heterocycles. The Kier molecular flexibility index (Phi) is 4.14. The van der Waals surface area contributed by atoms with Crippen LogP contribution < -0.4 is 5.32 Å². The highest BCUT2D eigenvalue weighted by molar-refractivity contribution is 5.79. The lowest BCUT2D eigenvalue weighted by atomic mass is 10.1. The predicted octanol–water partition coefficient (Wildman–Crippen LogP) is 3.37. The van der Waals surface area contributed by atoms with Gasteiger partial charge >= 0.3 is 0 Å². The van der Waals surface area contributed by atoms with Gasteiger partial charge in [-0.3, -0.25) is 10.1 Å². The SMILES string of the molecule is Cc1ccc2nc(N[C@@H](C[N+](=O)[O-])c3ccccc3)ncc2c1. The smallest absolute Gasteiger partial charge is 0.227 e. The van der Waals surface area contributed by atoms with Gasteiger partial charge in [-0.15, -0.1) is 0 Å². The number of nitrogens with zero attached hydrogens (tertiary/aromatic N) is 3. The Bertz CT molecular complexity index is 836. The van der Waals surface area contributed by atoms with Crippen LogP contribution in [0.3, 0.4) is 0 Å². The topological polar surface area (TPSA) is 81.0 Å². The maximum absolute atomic E-state index is 10.9. The number of rotatable bonds is 5. The Morgan fingerprint density at radius 3 is 2.74 bits per heavy atom. The van der Waals surface area contributed by atoms with Crippen molar-refractivity contribution in [2.45, 2.75) is 13.0 Å². The van der Waals surface area contributed by atoms with Crippen molar-refractivity contribution in [1.29, 1.82) is 0 Å². The van der Waals surface area contributed by atoms with E-state index in [1.807, 2.05) is 55.5 Å². The normalized spacial score (nSPS) is 12.0. The Balaban J connectivity index is 1.90. The van der Waals surface area contributed by atoms with Gasteiger partial charge in [-0.2, -0.15) is 0 Å². The summed E-state index contributed by atoms with van der Waals surface area (Å²) in [5.74, 6) is 0.386. The zero-order chi connectivity index (χ0) is 16.2. The molecule has 0 spiro atoms. The monoisotopic (exact) mass is 308 g/mol. The Morgan fingerprint density at radius 2 is 2.00 bits per heavy atom. The number of hydrogen-bond acceptors (Lipinski definition) is 5. The first kappa shape index (κ1) is 14.9. The molecule has 1 N–H and O–H groups in total. The molecule has 0 aliphatic heterocycles. The first-order valence-electron chi connectivity index (χ1n) is 7.28. The van der Waals surface area contributed by atoms with Crippen molar-refractivity contribution in [2.24, 2.45) is 0 Å². The van der Waals surface area contributed by atoms with Crippen LogP contribution >= 0.6 is 0 Å². The van der Waals surface area contributed by atoms with E-state index in [-0.39, 0.29) is 11.5 Å². The van der Waals surface area contributed by atoms with Gasteiger partial charge in [-0.25, -0.2) is 9.97 Å². The van der Waals surface area contributed by atoms with E-state index in [2.05, 4.69) is 15.3 Å². The van der Waals surface area contributed by atoms with Gasteiger partial charge < -0.3 is 5.32 Å². The molecule has 0 unspecified atom stereocenters. The lowest BCUT2D eigenvalue weighted by Gasteiger charge is -2.15. The molecule has 0 fully saturated rings. The molecule has 0 radical (unpaired) electrons. The lowest BCUT2D eigenvalue weighted by molar-refractivity contribution is -0.482. The van der Waals surface area contributed by atoms with Crippen LogP contribution in [-0.4, -0.2) is 21.4 Å². The van der Waals surface area contributed by atoms with E-state index in [1.165, 1.54) is 0 Å². The van der Waals surface area contributed by atoms with E-state index in [4.69, 9.17) is 0 Å². The summed E-state index contributed by atoms with van der Waals surface area (Å²) in [6.45, 7) is 1.77. The van der Waals surface area contributed by atoms with Gasteiger partial charge in [-0.1, -0.05) is 42.0 Å². The van der Waals surface area contributed by atoms with E-state index in [1.54, 1.807) is 6.20 Å². The third-order valence-corrected chi connectivity index (χ3v) is 3.57. The molecule has 3 aromatic rings. The van der Waals surface area contributed by atoms with Crippen molar-refractivity contribution >= 4 is 16.9 Å². The third kappa shape index (κ3) is 3.60. The van der Waals surface area contributed by atoms with Crippen molar-refractivity contribution in [3.05, 3.63) is 76.0 Å². The predicted molar refractivity (Wildman–Crippen MR) is 88.9 cm³/mol. The highest BCUT2D eigenvalue weighted by Gasteiger charge is 2.18. The number of anilines is 1. The van der Waals surface area contributed by atoms with Crippen molar-refractivity contribution in [1.82, 2.24) is 9.97 Å². The number of nitrogens with one attached hydrogen (secondary N) is 1. The van der Waals surface area contributed by atoms with Crippen LogP contribution in [0.4, 0.5) is 5.95 Å². The first-order chi connectivity index (χ1) is 11.1. The zero-order valence-corrected chi connectivity index (χ0v) is 12.6. The Hall–Kier alpha value is -3.02. The molecule has 2 aromatic carbocycles. The molecule has 23 heavy (non-hydrogen) atoms. The highest BCUT2D eigenvalue weighted by Crippen LogP contribution is 2.20. The Labute approximate surface area is 133 Å². The molecule has 6 nitrogen and oxygen atoms in total. The summed E-state index contributed by atoms with van der Waals surface area (Å²) >= 11 is 0. The van der Waals surface area contributed by atoms with Crippen molar-refractivity contribution < 1.29 is 4.92 Å². The summed E-state index contributed by atoms with van der Waals surface area (Å²) in [7, 11) is 0. The average molecular weight is 308 g/mol. The zero-order valence-electron chi connectivity index (χ0n) is 12.6. The fourth-order valence-corrected chi connectivity index (χ4v) is 2.45. The maximum atomic E-state index is 10.9. The largest absolute Gasteiger partial charge is 0.341 e. The van der Waals surface area contributed by atoms with Crippen molar-refractivity contribution in [2.75, 3.05) is 11.9 Å². The summed E-state index contributed by atoms with van der Waals surface area (Å²) in [6, 6.07) is 14.7. The van der Waals surface area contributed by atoms with Crippen LogP contribution in [0.15, 0.2) is 54.7 Å². The van der Waals surface area contributed by atoms with Gasteiger partial charge in [0.25, 0.3) is 0 Å². The number of benzene rings is 2. The minimum atomic E-state index is -0.478. The molecular weight excluding hydrogens is 292 g/mol. The van der Waals surface area contributed by atoms with E-state index < -0.39 is 6.04 Å². The summed E-state index contributed by atoms with van der Waals surface area (Å²) < 4.78 is 0. The van der Waals surface area contributed by atoms with Crippen LogP contribution in [0.2, 0.25) is 0 Å². The second kappa shape index (κ2) is 6.39. The molecule has 1 atom stereocenters. The number of nitro groups is 1. The van der Waals surface area contributed by atoms with E-state index in [0.717, 1.165) is 22.0 Å². The van der Waals surface area contributed by atoms with Crippen molar-refractivity contribution in [3.63, 3.8) is 0 Å². The van der Waals surface area contributed by atoms with Gasteiger partial charge in [0.2, 0.25) is 12.5 Å². The van der Waals surface area contributed by atoms with E-state index in [9.17, 15) is 10.1 Å². The summed E-state index contributed by atoms with van der Waals surface area (Å²) in [6.07, 6.45) is 1.73. The lowest BCUT2D eigenvalue weighted by Crippen LogP contribution is -2.21. The van der Waals surface area contributed by atoms with Gasteiger partial charge in [0.1, 0.15) is 6.04 Å². The average Bonchev–Trinajstić information content (AvgIpc) is 2.55. The highest BCUT2D eigenvalue weighted by atomic mass is 16.6. The molecule has 0 saturated carbocycles. The summed E-state index contributed by atoms with van der Waals surface area (Å²) in [4.78, 5) is 19.3. The molecule has 0 amide bonds. The van der Waals surface area contributed by atoms with Gasteiger partial charge in [0.15, 0.2) is 0 Å². The van der Waals surface area contributed by atoms with Gasteiger partial charge in [-0.05, 0) is 24.6 Å². The van der Waals surface area contributed by atoms with E-state index >= 15 is 0 Å². The van der Waals surface area contributed by atoms with Crippen LogP contribution in [0.5, 0.6) is 0 Å². The first-order valence-corrected chi connectivity index (χ1v) is 7.28. The number of fused-ring (bicyclic) bond motifs is 1. The second-order valence-electron chi connectivity index (χ2n) is 5.38. The molecule has 3 rings (SSSR count). The quantitative estimate of drug-likeness (QED) is 0.577. The molecule has 0 aliphatic rings. The number of aromatic nitrogens is 2.